The molecule has 0 fully saturated rings. The average molecular weight is 295 g/mol. The van der Waals surface area contributed by atoms with E-state index in [2.05, 4.69) is 25.7 Å². The number of benzene rings is 1. The van der Waals surface area contributed by atoms with E-state index < -0.39 is 0 Å². The third kappa shape index (κ3) is 4.59. The molecule has 6 heteroatoms. The van der Waals surface area contributed by atoms with Crippen molar-refractivity contribution in [1.29, 1.82) is 0 Å². The Balaban J connectivity index is 2.19. The van der Waals surface area contributed by atoms with Crippen molar-refractivity contribution in [3.8, 4) is 0 Å². The van der Waals surface area contributed by atoms with Crippen molar-refractivity contribution in [2.45, 2.75) is 13.8 Å². The molecule has 2 aromatic rings. The standard InChI is InChI=1S/C16H17N5O/c1-12(2)15(22)16(20-18-13-8-4-3-5-9-13)21-19-14-10-6-7-11-17-14/h3-12,18H,1-2H3/b20-16-,21-19?. The number of Topliss-reactive ketones (excluding diaryl/α,β-unsaturated/α-hetero) is 1. The van der Waals surface area contributed by atoms with Crippen LogP contribution in [0, 0.1) is 5.92 Å². The fraction of sp³-hybridized carbons (Fsp3) is 0.188. The fourth-order valence-electron chi connectivity index (χ4n) is 1.53. The molecule has 0 aliphatic rings. The molecular formula is C16H17N5O. The molecule has 112 valence electrons. The Labute approximate surface area is 129 Å². The van der Waals surface area contributed by atoms with Crippen molar-refractivity contribution in [2.24, 2.45) is 21.2 Å². The summed E-state index contributed by atoms with van der Waals surface area (Å²) in [5.41, 5.74) is 3.58. The van der Waals surface area contributed by atoms with Gasteiger partial charge in [-0.2, -0.15) is 0 Å². The molecule has 0 aliphatic heterocycles. The van der Waals surface area contributed by atoms with Gasteiger partial charge in [0.15, 0.2) is 5.82 Å². The number of anilines is 1. The van der Waals surface area contributed by atoms with E-state index in [1.807, 2.05) is 30.3 Å². The number of amidine groups is 1. The van der Waals surface area contributed by atoms with Gasteiger partial charge in [0.05, 0.1) is 5.69 Å². The molecule has 0 saturated heterocycles. The molecule has 1 heterocycles. The number of nitrogens with one attached hydrogen (secondary N) is 1. The minimum Gasteiger partial charge on any atom is -0.290 e. The summed E-state index contributed by atoms with van der Waals surface area (Å²) in [6.07, 6.45) is 1.61. The molecular weight excluding hydrogens is 278 g/mol. The topological polar surface area (TPSA) is 79.1 Å². The molecule has 0 atom stereocenters. The molecule has 6 nitrogen and oxygen atoms in total. The molecule has 1 aromatic carbocycles. The molecule has 0 unspecified atom stereocenters. The van der Waals surface area contributed by atoms with Gasteiger partial charge in [-0.1, -0.05) is 38.1 Å². The molecule has 0 bridgehead atoms. The average Bonchev–Trinajstić information content (AvgIpc) is 2.56. The number of pyridine rings is 1. The highest BCUT2D eigenvalue weighted by Crippen LogP contribution is 2.09. The Morgan fingerprint density at radius 2 is 1.82 bits per heavy atom. The van der Waals surface area contributed by atoms with Gasteiger partial charge in [0, 0.05) is 12.1 Å². The van der Waals surface area contributed by atoms with Crippen LogP contribution in [0.1, 0.15) is 13.8 Å². The first kappa shape index (κ1) is 15.5. The van der Waals surface area contributed by atoms with Crippen molar-refractivity contribution >= 4 is 23.1 Å². The lowest BCUT2D eigenvalue weighted by atomic mass is 10.1. The molecule has 2 rings (SSSR count). The molecule has 0 aliphatic carbocycles. The van der Waals surface area contributed by atoms with Gasteiger partial charge in [0.1, 0.15) is 0 Å². The highest BCUT2D eigenvalue weighted by molar-refractivity contribution is 6.39. The van der Waals surface area contributed by atoms with Gasteiger partial charge in [0.25, 0.3) is 0 Å². The lowest BCUT2D eigenvalue weighted by Gasteiger charge is -2.04. The summed E-state index contributed by atoms with van der Waals surface area (Å²) >= 11 is 0. The summed E-state index contributed by atoms with van der Waals surface area (Å²) in [5, 5.41) is 11.9. The molecule has 1 aromatic heterocycles. The normalized spacial score (nSPS) is 11.9. The number of ketones is 1. The van der Waals surface area contributed by atoms with Gasteiger partial charge >= 0.3 is 0 Å². The minimum absolute atomic E-state index is 0.0181. The fourth-order valence-corrected chi connectivity index (χ4v) is 1.53. The third-order valence-corrected chi connectivity index (χ3v) is 2.71. The Kier molecular flexibility index (Phi) is 5.48. The number of carbonyl (C=O) groups excluding carboxylic acids is 1. The van der Waals surface area contributed by atoms with E-state index in [9.17, 15) is 4.79 Å². The maximum Gasteiger partial charge on any atom is 0.237 e. The molecule has 0 spiro atoms. The molecule has 1 N–H and O–H groups in total. The van der Waals surface area contributed by atoms with Crippen LogP contribution < -0.4 is 5.43 Å². The largest absolute Gasteiger partial charge is 0.290 e. The number of hydrogen-bond acceptors (Lipinski definition) is 5. The van der Waals surface area contributed by atoms with Crippen LogP contribution in [0.2, 0.25) is 0 Å². The van der Waals surface area contributed by atoms with Crippen LogP contribution in [-0.4, -0.2) is 16.6 Å². The van der Waals surface area contributed by atoms with Crippen LogP contribution in [0.3, 0.4) is 0 Å². The Morgan fingerprint density at radius 1 is 1.09 bits per heavy atom. The first-order valence-corrected chi connectivity index (χ1v) is 6.92. The molecule has 22 heavy (non-hydrogen) atoms. The predicted octanol–water partition coefficient (Wildman–Crippen LogP) is 3.82. The SMILES string of the molecule is CC(C)C(=O)/C(N=Nc1ccccn1)=N/Nc1ccccc1. The lowest BCUT2D eigenvalue weighted by molar-refractivity contribution is -0.115. The lowest BCUT2D eigenvalue weighted by Crippen LogP contribution is -2.19. The van der Waals surface area contributed by atoms with Gasteiger partial charge in [-0.25, -0.2) is 4.98 Å². The quantitative estimate of drug-likeness (QED) is 0.394. The van der Waals surface area contributed by atoms with Gasteiger partial charge in [-0.15, -0.1) is 15.3 Å². The second-order valence-corrected chi connectivity index (χ2v) is 4.82. The highest BCUT2D eigenvalue weighted by Gasteiger charge is 2.15. The van der Waals surface area contributed by atoms with E-state index in [4.69, 9.17) is 0 Å². The summed E-state index contributed by atoms with van der Waals surface area (Å²) in [6, 6.07) is 14.6. The van der Waals surface area contributed by atoms with Crippen LogP contribution in [0.15, 0.2) is 70.1 Å². The minimum atomic E-state index is -0.223. The highest BCUT2D eigenvalue weighted by atomic mass is 16.1. The second kappa shape index (κ2) is 7.78. The number of rotatable bonds is 5. The van der Waals surface area contributed by atoms with Crippen LogP contribution in [0.25, 0.3) is 0 Å². The van der Waals surface area contributed by atoms with E-state index in [1.54, 1.807) is 38.2 Å². The van der Waals surface area contributed by atoms with Crippen molar-refractivity contribution in [1.82, 2.24) is 4.98 Å². The number of hydrogen-bond donors (Lipinski definition) is 1. The summed E-state index contributed by atoms with van der Waals surface area (Å²) in [4.78, 5) is 16.2. The van der Waals surface area contributed by atoms with E-state index in [1.165, 1.54) is 0 Å². The zero-order valence-corrected chi connectivity index (χ0v) is 12.5. The Bertz CT molecular complexity index is 665. The number of aromatic nitrogens is 1. The van der Waals surface area contributed by atoms with Crippen LogP contribution in [-0.2, 0) is 4.79 Å². The van der Waals surface area contributed by atoms with E-state index in [-0.39, 0.29) is 17.5 Å². The molecule has 0 amide bonds. The first-order valence-electron chi connectivity index (χ1n) is 6.92. The number of para-hydroxylation sites is 1. The first-order chi connectivity index (χ1) is 10.7. The zero-order valence-electron chi connectivity index (χ0n) is 12.5. The van der Waals surface area contributed by atoms with Gasteiger partial charge in [-0.3, -0.25) is 10.2 Å². The van der Waals surface area contributed by atoms with Crippen molar-refractivity contribution < 1.29 is 4.79 Å². The molecule has 0 radical (unpaired) electrons. The molecule has 0 saturated carbocycles. The maximum absolute atomic E-state index is 12.1. The van der Waals surface area contributed by atoms with Gasteiger partial charge in [0.2, 0.25) is 11.6 Å². The van der Waals surface area contributed by atoms with Crippen molar-refractivity contribution in [2.75, 3.05) is 5.43 Å². The van der Waals surface area contributed by atoms with Crippen LogP contribution in [0.4, 0.5) is 11.5 Å². The smallest absolute Gasteiger partial charge is 0.237 e. The van der Waals surface area contributed by atoms with Gasteiger partial charge in [-0.05, 0) is 24.3 Å². The number of carbonyl (C=O) groups is 1. The number of azo groups is 1. The predicted molar refractivity (Wildman–Crippen MR) is 86.1 cm³/mol. The monoisotopic (exact) mass is 295 g/mol. The Morgan fingerprint density at radius 3 is 2.45 bits per heavy atom. The Hall–Kier alpha value is -2.89. The number of nitrogens with zero attached hydrogens (tertiary/aromatic N) is 4. The van der Waals surface area contributed by atoms with E-state index in [0.29, 0.717) is 5.82 Å². The van der Waals surface area contributed by atoms with Crippen LogP contribution in [0.5, 0.6) is 0 Å². The number of hydrazone groups is 1. The van der Waals surface area contributed by atoms with Crippen LogP contribution >= 0.6 is 0 Å². The summed E-state index contributed by atoms with van der Waals surface area (Å²) in [6.45, 7) is 3.58. The summed E-state index contributed by atoms with van der Waals surface area (Å²) < 4.78 is 0. The maximum atomic E-state index is 12.1. The van der Waals surface area contributed by atoms with Crippen molar-refractivity contribution in [3.63, 3.8) is 0 Å². The van der Waals surface area contributed by atoms with Gasteiger partial charge < -0.3 is 0 Å². The summed E-state index contributed by atoms with van der Waals surface area (Å²) in [5.74, 6) is 0.0260. The van der Waals surface area contributed by atoms with Crippen molar-refractivity contribution in [3.05, 3.63) is 54.7 Å². The zero-order chi connectivity index (χ0) is 15.8. The second-order valence-electron chi connectivity index (χ2n) is 4.82. The summed E-state index contributed by atoms with van der Waals surface area (Å²) in [7, 11) is 0. The third-order valence-electron chi connectivity index (χ3n) is 2.71. The van der Waals surface area contributed by atoms with E-state index >= 15 is 0 Å². The van der Waals surface area contributed by atoms with E-state index in [0.717, 1.165) is 5.69 Å².